The van der Waals surface area contributed by atoms with Crippen LogP contribution in [0.4, 0.5) is 0 Å². The highest BCUT2D eigenvalue weighted by atomic mass is 15.3. The minimum absolute atomic E-state index is 0.597. The summed E-state index contributed by atoms with van der Waals surface area (Å²) in [5, 5.41) is 8.31. The lowest BCUT2D eigenvalue weighted by atomic mass is 9.96. The lowest BCUT2D eigenvalue weighted by molar-refractivity contribution is 0.327. The highest BCUT2D eigenvalue weighted by molar-refractivity contribution is 5.00. The lowest BCUT2D eigenvalue weighted by Crippen LogP contribution is -2.25. The van der Waals surface area contributed by atoms with Crippen LogP contribution >= 0.6 is 0 Å². The van der Waals surface area contributed by atoms with Crippen molar-refractivity contribution in [2.45, 2.75) is 83.8 Å². The summed E-state index contributed by atoms with van der Waals surface area (Å²) in [6, 6.07) is 3.42. The zero-order valence-electron chi connectivity index (χ0n) is 12.6. The quantitative estimate of drug-likeness (QED) is 0.804. The van der Waals surface area contributed by atoms with Gasteiger partial charge in [0.15, 0.2) is 0 Å². The van der Waals surface area contributed by atoms with Crippen LogP contribution in [0.3, 0.4) is 0 Å². The molecule has 0 spiro atoms. The third-order valence-corrected chi connectivity index (χ3v) is 4.23. The smallest absolute Gasteiger partial charge is 0.0762 e. The first-order valence-corrected chi connectivity index (χ1v) is 8.07. The van der Waals surface area contributed by atoms with Crippen molar-refractivity contribution in [3.8, 4) is 0 Å². The van der Waals surface area contributed by atoms with Crippen LogP contribution in [0.25, 0.3) is 0 Å². The van der Waals surface area contributed by atoms with Gasteiger partial charge in [0.25, 0.3) is 0 Å². The van der Waals surface area contributed by atoms with Gasteiger partial charge in [-0.05, 0) is 32.3 Å². The van der Waals surface area contributed by atoms with Gasteiger partial charge >= 0.3 is 0 Å². The van der Waals surface area contributed by atoms with Crippen molar-refractivity contribution in [1.82, 2.24) is 15.1 Å². The molecule has 1 atom stereocenters. The van der Waals surface area contributed by atoms with E-state index in [0.717, 1.165) is 6.54 Å². The van der Waals surface area contributed by atoms with Crippen LogP contribution in [-0.2, 0) is 6.54 Å². The van der Waals surface area contributed by atoms with E-state index in [2.05, 4.69) is 36.1 Å². The first kappa shape index (κ1) is 14.6. The zero-order valence-corrected chi connectivity index (χ0v) is 12.6. The first-order chi connectivity index (χ1) is 9.29. The van der Waals surface area contributed by atoms with Gasteiger partial charge in [0, 0.05) is 18.8 Å². The monoisotopic (exact) mass is 263 g/mol. The molecule has 0 aliphatic heterocycles. The summed E-state index contributed by atoms with van der Waals surface area (Å²) in [7, 11) is 0. The number of hydrogen-bond donors (Lipinski definition) is 1. The Bertz CT molecular complexity index is 353. The minimum atomic E-state index is 0.597. The highest BCUT2D eigenvalue weighted by Crippen LogP contribution is 2.27. The summed E-state index contributed by atoms with van der Waals surface area (Å²) >= 11 is 0. The normalized spacial score (nSPS) is 18.6. The van der Waals surface area contributed by atoms with Crippen molar-refractivity contribution in [3.63, 3.8) is 0 Å². The number of aromatic nitrogens is 2. The predicted octanol–water partition coefficient (Wildman–Crippen LogP) is 4.06. The van der Waals surface area contributed by atoms with E-state index < -0.39 is 0 Å². The Hall–Kier alpha value is -0.830. The molecule has 1 heterocycles. The Morgan fingerprint density at radius 2 is 2.16 bits per heavy atom. The lowest BCUT2D eigenvalue weighted by Gasteiger charge is -2.21. The van der Waals surface area contributed by atoms with E-state index in [9.17, 15) is 0 Å². The molecule has 3 nitrogen and oxygen atoms in total. The molecule has 0 bridgehead atoms. The van der Waals surface area contributed by atoms with Gasteiger partial charge in [-0.25, -0.2) is 0 Å². The molecule has 0 radical (unpaired) electrons. The van der Waals surface area contributed by atoms with Gasteiger partial charge in [0.05, 0.1) is 11.7 Å². The molecule has 1 fully saturated rings. The third-order valence-electron chi connectivity index (χ3n) is 4.23. The Balaban J connectivity index is 1.77. The molecule has 1 saturated carbocycles. The molecule has 3 heteroatoms. The van der Waals surface area contributed by atoms with Gasteiger partial charge in [-0.15, -0.1) is 0 Å². The molecule has 108 valence electrons. The summed E-state index contributed by atoms with van der Waals surface area (Å²) in [6.07, 6.45) is 12.8. The van der Waals surface area contributed by atoms with E-state index in [1.807, 2.05) is 0 Å². The van der Waals surface area contributed by atoms with Gasteiger partial charge in [0.2, 0.25) is 0 Å². The van der Waals surface area contributed by atoms with Crippen molar-refractivity contribution < 1.29 is 0 Å². The van der Waals surface area contributed by atoms with Gasteiger partial charge < -0.3 is 5.32 Å². The van der Waals surface area contributed by atoms with Crippen molar-refractivity contribution in [1.29, 1.82) is 0 Å². The van der Waals surface area contributed by atoms with Crippen molar-refractivity contribution >= 4 is 0 Å². The van der Waals surface area contributed by atoms with Gasteiger partial charge in [-0.3, -0.25) is 4.68 Å². The van der Waals surface area contributed by atoms with Crippen LogP contribution in [0.1, 0.15) is 76.9 Å². The van der Waals surface area contributed by atoms with Crippen molar-refractivity contribution in [3.05, 3.63) is 18.0 Å². The van der Waals surface area contributed by atoms with Crippen LogP contribution in [0.15, 0.2) is 12.3 Å². The molecule has 1 unspecified atom stereocenters. The Labute approximate surface area is 117 Å². The van der Waals surface area contributed by atoms with Crippen LogP contribution in [0, 0.1) is 0 Å². The maximum atomic E-state index is 4.74. The SMILES string of the molecule is CCCCC(C)NCc1ccn(C2CCCCC2)n1. The topological polar surface area (TPSA) is 29.9 Å². The van der Waals surface area contributed by atoms with Gasteiger partial charge in [-0.1, -0.05) is 39.0 Å². The predicted molar refractivity (Wildman–Crippen MR) is 80.2 cm³/mol. The van der Waals surface area contributed by atoms with Crippen LogP contribution in [-0.4, -0.2) is 15.8 Å². The number of hydrogen-bond acceptors (Lipinski definition) is 2. The van der Waals surface area contributed by atoms with E-state index in [4.69, 9.17) is 5.10 Å². The van der Waals surface area contributed by atoms with E-state index in [1.54, 1.807) is 0 Å². The first-order valence-electron chi connectivity index (χ1n) is 8.07. The number of rotatable bonds is 7. The number of nitrogens with one attached hydrogen (secondary N) is 1. The Kier molecular flexibility index (Phi) is 5.90. The summed E-state index contributed by atoms with van der Waals surface area (Å²) in [6.45, 7) is 5.43. The van der Waals surface area contributed by atoms with E-state index in [-0.39, 0.29) is 0 Å². The fourth-order valence-corrected chi connectivity index (χ4v) is 2.91. The summed E-state index contributed by atoms with van der Waals surface area (Å²) in [5.41, 5.74) is 1.19. The Morgan fingerprint density at radius 3 is 2.89 bits per heavy atom. The Morgan fingerprint density at radius 1 is 1.37 bits per heavy atom. The maximum absolute atomic E-state index is 4.74. The van der Waals surface area contributed by atoms with Gasteiger partial charge in [-0.2, -0.15) is 5.10 Å². The second-order valence-electron chi connectivity index (χ2n) is 6.00. The maximum Gasteiger partial charge on any atom is 0.0762 e. The molecule has 1 aromatic heterocycles. The fraction of sp³-hybridized carbons (Fsp3) is 0.812. The van der Waals surface area contributed by atoms with Crippen molar-refractivity contribution in [2.24, 2.45) is 0 Å². The van der Waals surface area contributed by atoms with Crippen LogP contribution in [0.2, 0.25) is 0 Å². The molecule has 1 aliphatic carbocycles. The zero-order chi connectivity index (χ0) is 13.5. The third kappa shape index (κ3) is 4.64. The van der Waals surface area contributed by atoms with E-state index in [0.29, 0.717) is 12.1 Å². The van der Waals surface area contributed by atoms with E-state index >= 15 is 0 Å². The molecular weight excluding hydrogens is 234 g/mol. The molecule has 2 rings (SSSR count). The molecule has 1 aromatic rings. The van der Waals surface area contributed by atoms with Crippen molar-refractivity contribution in [2.75, 3.05) is 0 Å². The minimum Gasteiger partial charge on any atom is -0.309 e. The highest BCUT2D eigenvalue weighted by Gasteiger charge is 2.15. The summed E-state index contributed by atoms with van der Waals surface area (Å²) < 4.78 is 2.20. The second kappa shape index (κ2) is 7.68. The molecule has 1 aliphatic rings. The summed E-state index contributed by atoms with van der Waals surface area (Å²) in [5.74, 6) is 0. The second-order valence-corrected chi connectivity index (χ2v) is 6.00. The molecule has 19 heavy (non-hydrogen) atoms. The van der Waals surface area contributed by atoms with Crippen LogP contribution in [0.5, 0.6) is 0 Å². The standard InChI is InChI=1S/C16H29N3/c1-3-4-8-14(2)17-13-15-11-12-19(18-15)16-9-6-5-7-10-16/h11-12,14,16-17H,3-10,13H2,1-2H3. The average molecular weight is 263 g/mol. The summed E-state index contributed by atoms with van der Waals surface area (Å²) in [4.78, 5) is 0. The molecule has 0 saturated heterocycles. The number of nitrogens with zero attached hydrogens (tertiary/aromatic N) is 2. The molecular formula is C16H29N3. The van der Waals surface area contributed by atoms with Gasteiger partial charge in [0.1, 0.15) is 0 Å². The largest absolute Gasteiger partial charge is 0.309 e. The van der Waals surface area contributed by atoms with E-state index in [1.165, 1.54) is 57.1 Å². The molecule has 1 N–H and O–H groups in total. The molecule has 0 aromatic carbocycles. The number of unbranched alkanes of at least 4 members (excludes halogenated alkanes) is 1. The van der Waals surface area contributed by atoms with Crippen LogP contribution < -0.4 is 5.32 Å². The molecule has 0 amide bonds. The average Bonchev–Trinajstić information content (AvgIpc) is 2.93. The fourth-order valence-electron chi connectivity index (χ4n) is 2.91.